The van der Waals surface area contributed by atoms with Gasteiger partial charge in [-0.2, -0.15) is 5.26 Å². The zero-order chi connectivity index (χ0) is 15.0. The minimum absolute atomic E-state index is 0.167. The average molecular weight is 296 g/mol. The van der Waals surface area contributed by atoms with Crippen molar-refractivity contribution >= 4 is 8.24 Å². The summed E-state index contributed by atoms with van der Waals surface area (Å²) in [4.78, 5) is 2.46. The van der Waals surface area contributed by atoms with Crippen LogP contribution in [0.5, 0.6) is 0 Å². The van der Waals surface area contributed by atoms with Gasteiger partial charge in [0.2, 0.25) is 0 Å². The van der Waals surface area contributed by atoms with E-state index in [1.54, 1.807) is 0 Å². The molecule has 4 heteroatoms. The molecular weight excluding hydrogens is 262 g/mol. The Hall–Kier alpha value is -0.373. The second-order valence-electron chi connectivity index (χ2n) is 6.94. The van der Waals surface area contributed by atoms with Crippen LogP contribution < -0.4 is 0 Å². The van der Waals surface area contributed by atoms with Crippen LogP contribution in [-0.4, -0.2) is 50.4 Å². The Morgan fingerprint density at radius 2 is 1.75 bits per heavy atom. The summed E-state index contributed by atoms with van der Waals surface area (Å²) in [5.74, 6) is 0.167. The van der Waals surface area contributed by atoms with Crippen LogP contribution in [0.3, 0.4) is 0 Å². The molecule has 20 heavy (non-hydrogen) atoms. The summed E-state index contributed by atoms with van der Waals surface area (Å²) >= 11 is 0. The van der Waals surface area contributed by atoms with E-state index in [1.165, 1.54) is 44.8 Å². The predicted molar refractivity (Wildman–Crippen MR) is 89.2 cm³/mol. The molecule has 116 valence electrons. The zero-order valence-electron chi connectivity index (χ0n) is 14.0. The second kappa shape index (κ2) is 8.81. The van der Waals surface area contributed by atoms with E-state index in [4.69, 9.17) is 5.26 Å². The van der Waals surface area contributed by atoms with Crippen LogP contribution in [0.25, 0.3) is 0 Å². The molecular formula is C16H33N3Si. The normalized spacial score (nSPS) is 19.8. The van der Waals surface area contributed by atoms with Crippen LogP contribution in [-0.2, 0) is 0 Å². The molecule has 1 fully saturated rings. The Balaban J connectivity index is 2.30. The second-order valence-corrected chi connectivity index (χ2v) is 11.7. The third kappa shape index (κ3) is 5.95. The SMILES string of the molecule is CCCCCC[Si](C)(C)N1CCN(CC(C)C#N)CC1. The van der Waals surface area contributed by atoms with Gasteiger partial charge < -0.3 is 4.57 Å². The van der Waals surface area contributed by atoms with Crippen LogP contribution in [0, 0.1) is 17.2 Å². The standard InChI is InChI=1S/C16H33N3Si/c1-5-6-7-8-13-20(3,4)19-11-9-18(10-12-19)15-16(2)14-17/h16H,5-13,15H2,1-4H3. The van der Waals surface area contributed by atoms with Gasteiger partial charge in [0.25, 0.3) is 0 Å². The quantitative estimate of drug-likeness (QED) is 0.507. The molecule has 0 aromatic carbocycles. The van der Waals surface area contributed by atoms with Gasteiger partial charge in [-0.3, -0.25) is 4.90 Å². The number of nitrogens with zero attached hydrogens (tertiary/aromatic N) is 3. The van der Waals surface area contributed by atoms with Gasteiger partial charge in [-0.15, -0.1) is 0 Å². The lowest BCUT2D eigenvalue weighted by atomic mass is 10.2. The van der Waals surface area contributed by atoms with Gasteiger partial charge in [0.1, 0.15) is 8.24 Å². The lowest BCUT2D eigenvalue weighted by Crippen LogP contribution is -2.57. The van der Waals surface area contributed by atoms with Crippen molar-refractivity contribution in [2.24, 2.45) is 5.92 Å². The van der Waals surface area contributed by atoms with Crippen LogP contribution in [0.15, 0.2) is 0 Å². The van der Waals surface area contributed by atoms with Crippen LogP contribution in [0.4, 0.5) is 0 Å². The van der Waals surface area contributed by atoms with Gasteiger partial charge in [-0.1, -0.05) is 45.7 Å². The Bertz CT molecular complexity index is 303. The summed E-state index contributed by atoms with van der Waals surface area (Å²) in [6.45, 7) is 15.1. The average Bonchev–Trinajstić information content (AvgIpc) is 2.44. The van der Waals surface area contributed by atoms with E-state index in [0.717, 1.165) is 19.6 Å². The van der Waals surface area contributed by atoms with Crippen LogP contribution >= 0.6 is 0 Å². The predicted octanol–water partition coefficient (Wildman–Crippen LogP) is 3.55. The summed E-state index contributed by atoms with van der Waals surface area (Å²) in [6.07, 6.45) is 5.55. The minimum Gasteiger partial charge on any atom is -0.321 e. The molecule has 1 aliphatic rings. The maximum Gasteiger partial charge on any atom is 0.122 e. The number of rotatable bonds is 8. The fourth-order valence-electron chi connectivity index (χ4n) is 3.11. The van der Waals surface area contributed by atoms with Crippen molar-refractivity contribution in [2.75, 3.05) is 32.7 Å². The molecule has 0 N–H and O–H groups in total. The van der Waals surface area contributed by atoms with Gasteiger partial charge in [-0.25, -0.2) is 0 Å². The van der Waals surface area contributed by atoms with Crippen molar-refractivity contribution in [3.8, 4) is 6.07 Å². The molecule has 0 saturated carbocycles. The molecule has 1 rings (SSSR count). The fraction of sp³-hybridized carbons (Fsp3) is 0.938. The Labute approximate surface area is 127 Å². The molecule has 0 aromatic rings. The number of nitriles is 1. The first kappa shape index (κ1) is 17.7. The van der Waals surface area contributed by atoms with E-state index < -0.39 is 8.24 Å². The van der Waals surface area contributed by atoms with Gasteiger partial charge in [0.05, 0.1) is 12.0 Å². The first-order chi connectivity index (χ1) is 9.49. The molecule has 3 nitrogen and oxygen atoms in total. The van der Waals surface area contributed by atoms with E-state index in [9.17, 15) is 0 Å². The van der Waals surface area contributed by atoms with Gasteiger partial charge in [0, 0.05) is 32.7 Å². The third-order valence-electron chi connectivity index (χ3n) is 4.62. The summed E-state index contributed by atoms with van der Waals surface area (Å²) in [5, 5.41) is 8.91. The maximum atomic E-state index is 8.91. The lowest BCUT2D eigenvalue weighted by molar-refractivity contribution is 0.173. The summed E-state index contributed by atoms with van der Waals surface area (Å²) in [5.41, 5.74) is 0. The molecule has 1 heterocycles. The monoisotopic (exact) mass is 295 g/mol. The van der Waals surface area contributed by atoms with Crippen molar-refractivity contribution in [3.05, 3.63) is 0 Å². The first-order valence-electron chi connectivity index (χ1n) is 8.36. The van der Waals surface area contributed by atoms with Crippen molar-refractivity contribution < 1.29 is 0 Å². The molecule has 0 spiro atoms. The van der Waals surface area contributed by atoms with Gasteiger partial charge >= 0.3 is 0 Å². The fourth-order valence-corrected chi connectivity index (χ4v) is 5.95. The molecule has 0 amide bonds. The van der Waals surface area contributed by atoms with E-state index in [0.29, 0.717) is 0 Å². The van der Waals surface area contributed by atoms with Crippen LogP contribution in [0.2, 0.25) is 19.1 Å². The highest BCUT2D eigenvalue weighted by molar-refractivity contribution is 6.74. The smallest absolute Gasteiger partial charge is 0.122 e. The topological polar surface area (TPSA) is 30.3 Å². The molecule has 0 aliphatic carbocycles. The summed E-state index contributed by atoms with van der Waals surface area (Å²) in [6, 6.07) is 3.79. The largest absolute Gasteiger partial charge is 0.321 e. The minimum atomic E-state index is -1.19. The molecule has 1 atom stereocenters. The van der Waals surface area contributed by atoms with Crippen molar-refractivity contribution in [1.29, 1.82) is 5.26 Å². The molecule has 1 aliphatic heterocycles. The van der Waals surface area contributed by atoms with Gasteiger partial charge in [0.15, 0.2) is 0 Å². The Morgan fingerprint density at radius 3 is 2.30 bits per heavy atom. The molecule has 0 aromatic heterocycles. The molecule has 1 saturated heterocycles. The highest BCUT2D eigenvalue weighted by Crippen LogP contribution is 2.21. The highest BCUT2D eigenvalue weighted by Gasteiger charge is 2.31. The summed E-state index contributed by atoms with van der Waals surface area (Å²) < 4.78 is 2.78. The van der Waals surface area contributed by atoms with Crippen molar-refractivity contribution in [2.45, 2.75) is 58.7 Å². The summed E-state index contributed by atoms with van der Waals surface area (Å²) in [7, 11) is -1.19. The third-order valence-corrected chi connectivity index (χ3v) is 8.36. The molecule has 0 radical (unpaired) electrons. The Morgan fingerprint density at radius 1 is 1.10 bits per heavy atom. The number of hydrogen-bond donors (Lipinski definition) is 0. The van der Waals surface area contributed by atoms with Gasteiger partial charge in [-0.05, 0) is 13.0 Å². The highest BCUT2D eigenvalue weighted by atomic mass is 28.3. The zero-order valence-corrected chi connectivity index (χ0v) is 15.0. The number of unbranched alkanes of at least 4 members (excludes halogenated alkanes) is 3. The number of hydrogen-bond acceptors (Lipinski definition) is 3. The number of piperazine rings is 1. The van der Waals surface area contributed by atoms with E-state index in [2.05, 4.69) is 35.6 Å². The Kier molecular flexibility index (Phi) is 7.79. The maximum absolute atomic E-state index is 8.91. The van der Waals surface area contributed by atoms with Crippen molar-refractivity contribution in [3.63, 3.8) is 0 Å². The molecule has 0 bridgehead atoms. The van der Waals surface area contributed by atoms with E-state index in [1.807, 2.05) is 6.92 Å². The lowest BCUT2D eigenvalue weighted by Gasteiger charge is -2.43. The van der Waals surface area contributed by atoms with Crippen LogP contribution in [0.1, 0.15) is 39.5 Å². The van der Waals surface area contributed by atoms with Crippen molar-refractivity contribution in [1.82, 2.24) is 9.47 Å². The first-order valence-corrected chi connectivity index (χ1v) is 11.5. The molecule has 1 unspecified atom stereocenters. The van der Waals surface area contributed by atoms with E-state index in [-0.39, 0.29) is 5.92 Å². The van der Waals surface area contributed by atoms with E-state index >= 15 is 0 Å².